The number of aromatic hydroxyl groups is 2. The molecule has 0 radical (unpaired) electrons. The largest absolute Gasteiger partial charge is 0.508 e. The molecule has 3 rings (SSSR count). The van der Waals surface area contributed by atoms with Crippen molar-refractivity contribution in [1.82, 2.24) is 5.48 Å². The monoisotopic (exact) mass is 357 g/mol. The molecule has 7 nitrogen and oxygen atoms in total. The lowest BCUT2D eigenvalue weighted by molar-refractivity contribution is -0.211. The van der Waals surface area contributed by atoms with Gasteiger partial charge in [-0.15, -0.1) is 0 Å². The van der Waals surface area contributed by atoms with Crippen molar-refractivity contribution < 1.29 is 29.7 Å². The zero-order chi connectivity index (χ0) is 18.9. The highest BCUT2D eigenvalue weighted by atomic mass is 16.7. The van der Waals surface area contributed by atoms with E-state index in [-0.39, 0.29) is 22.6 Å². The molecule has 0 spiro atoms. The average molecular weight is 357 g/mol. The number of aliphatic hydroxyl groups is 1. The lowest BCUT2D eigenvalue weighted by Crippen LogP contribution is -2.40. The van der Waals surface area contributed by atoms with E-state index in [1.807, 2.05) is 25.1 Å². The molecule has 1 aliphatic heterocycles. The number of phenolic OH excluding ortho intramolecular Hbond substituents is 2. The second kappa shape index (κ2) is 6.70. The number of rotatable bonds is 4. The van der Waals surface area contributed by atoms with Crippen LogP contribution in [0.4, 0.5) is 0 Å². The van der Waals surface area contributed by atoms with Crippen LogP contribution in [0.2, 0.25) is 0 Å². The molecular formula is C19H19NO6. The van der Waals surface area contributed by atoms with Crippen LogP contribution in [0.25, 0.3) is 5.57 Å². The Morgan fingerprint density at radius 2 is 2.04 bits per heavy atom. The minimum atomic E-state index is -2.22. The lowest BCUT2D eigenvalue weighted by atomic mass is 9.89. The van der Waals surface area contributed by atoms with Gasteiger partial charge in [-0.05, 0) is 17.5 Å². The smallest absolute Gasteiger partial charge is 0.254 e. The van der Waals surface area contributed by atoms with E-state index in [0.29, 0.717) is 5.56 Å². The van der Waals surface area contributed by atoms with Gasteiger partial charge in [-0.1, -0.05) is 31.2 Å². The van der Waals surface area contributed by atoms with Gasteiger partial charge in [0.2, 0.25) is 5.91 Å². The maximum atomic E-state index is 11.3. The molecule has 0 aliphatic carbocycles. The van der Waals surface area contributed by atoms with Gasteiger partial charge in [-0.3, -0.25) is 4.79 Å². The molecule has 1 atom stereocenters. The topological polar surface area (TPSA) is 108 Å². The van der Waals surface area contributed by atoms with Crippen LogP contribution >= 0.6 is 0 Å². The summed E-state index contributed by atoms with van der Waals surface area (Å²) in [5.74, 6) is -3.43. The highest BCUT2D eigenvalue weighted by Gasteiger charge is 2.45. The number of hydrogen-bond acceptors (Lipinski definition) is 6. The second-order valence-corrected chi connectivity index (χ2v) is 5.95. The third-order valence-corrected chi connectivity index (χ3v) is 4.06. The van der Waals surface area contributed by atoms with Crippen LogP contribution in [0.1, 0.15) is 30.5 Å². The Bertz CT molecular complexity index is 892. The van der Waals surface area contributed by atoms with Crippen molar-refractivity contribution in [2.24, 2.45) is 0 Å². The molecule has 7 heteroatoms. The number of hydroxylamine groups is 1. The van der Waals surface area contributed by atoms with Gasteiger partial charge in [0.15, 0.2) is 0 Å². The zero-order valence-electron chi connectivity index (χ0n) is 14.3. The van der Waals surface area contributed by atoms with Crippen LogP contribution in [0, 0.1) is 0 Å². The fraction of sp³-hybridized carbons (Fsp3) is 0.211. The highest BCUT2D eigenvalue weighted by Crippen LogP contribution is 2.49. The van der Waals surface area contributed by atoms with E-state index in [2.05, 4.69) is 5.48 Å². The molecule has 0 fully saturated rings. The number of nitrogens with one attached hydrogen (secondary N) is 1. The molecule has 0 aromatic heterocycles. The van der Waals surface area contributed by atoms with Gasteiger partial charge in [-0.25, -0.2) is 10.3 Å². The number of benzene rings is 2. The fourth-order valence-corrected chi connectivity index (χ4v) is 2.83. The van der Waals surface area contributed by atoms with Crippen LogP contribution in [-0.2, 0) is 21.8 Å². The zero-order valence-corrected chi connectivity index (χ0v) is 14.3. The predicted octanol–water partition coefficient (Wildman–Crippen LogP) is 2.31. The van der Waals surface area contributed by atoms with Gasteiger partial charge in [-0.2, -0.15) is 0 Å². The molecule has 0 saturated heterocycles. The first-order valence-corrected chi connectivity index (χ1v) is 8.05. The highest BCUT2D eigenvalue weighted by molar-refractivity contribution is 5.78. The predicted molar refractivity (Wildman–Crippen MR) is 93.0 cm³/mol. The summed E-state index contributed by atoms with van der Waals surface area (Å²) in [6.45, 7) is 3.22. The van der Waals surface area contributed by atoms with Crippen LogP contribution in [0.15, 0.2) is 42.7 Å². The van der Waals surface area contributed by atoms with E-state index in [0.717, 1.165) is 18.1 Å². The van der Waals surface area contributed by atoms with Gasteiger partial charge in [0.25, 0.3) is 5.79 Å². The van der Waals surface area contributed by atoms with E-state index >= 15 is 0 Å². The van der Waals surface area contributed by atoms with Crippen molar-refractivity contribution in [1.29, 1.82) is 0 Å². The summed E-state index contributed by atoms with van der Waals surface area (Å²) in [7, 11) is 0. The van der Waals surface area contributed by atoms with E-state index < -0.39 is 17.4 Å². The number of carbonyl (C=O) groups is 1. The van der Waals surface area contributed by atoms with E-state index in [1.54, 1.807) is 6.07 Å². The summed E-state index contributed by atoms with van der Waals surface area (Å²) in [5.41, 5.74) is 3.79. The molecule has 1 unspecified atom stereocenters. The molecule has 26 heavy (non-hydrogen) atoms. The first-order chi connectivity index (χ1) is 12.3. The summed E-state index contributed by atoms with van der Waals surface area (Å²) in [6, 6.07) is 9.63. The summed E-state index contributed by atoms with van der Waals surface area (Å²) in [4.78, 5) is 16.6. The van der Waals surface area contributed by atoms with Crippen LogP contribution in [0.3, 0.4) is 0 Å². The van der Waals surface area contributed by atoms with Crippen molar-refractivity contribution in [2.75, 3.05) is 0 Å². The van der Waals surface area contributed by atoms with Crippen molar-refractivity contribution in [3.8, 4) is 17.2 Å². The minimum Gasteiger partial charge on any atom is -0.508 e. The van der Waals surface area contributed by atoms with Crippen LogP contribution < -0.4 is 10.2 Å². The number of fused-ring (bicyclic) bond motifs is 1. The Morgan fingerprint density at radius 1 is 1.27 bits per heavy atom. The normalized spacial score (nSPS) is 18.5. The second-order valence-electron chi connectivity index (χ2n) is 5.95. The van der Waals surface area contributed by atoms with Crippen molar-refractivity contribution in [2.45, 2.75) is 26.1 Å². The van der Waals surface area contributed by atoms with E-state index in [4.69, 9.17) is 9.57 Å². The molecule has 0 saturated carbocycles. The maximum Gasteiger partial charge on any atom is 0.254 e. The molecule has 2 aromatic rings. The SMILES string of the molecule is CCc1cccc(C2=COc3cc(O)cc(O)c3C2(O)ONC(C)=O)c1. The van der Waals surface area contributed by atoms with Crippen LogP contribution in [0.5, 0.6) is 17.2 Å². The molecule has 0 bridgehead atoms. The van der Waals surface area contributed by atoms with E-state index in [9.17, 15) is 20.1 Å². The van der Waals surface area contributed by atoms with Crippen molar-refractivity contribution in [3.05, 3.63) is 59.4 Å². The Labute approximate surface area is 150 Å². The molecule has 2 aromatic carbocycles. The van der Waals surface area contributed by atoms with Gasteiger partial charge in [0.05, 0.1) is 5.57 Å². The number of aryl methyl sites for hydroxylation is 1. The summed E-state index contributed by atoms with van der Waals surface area (Å²) in [5, 5.41) is 31.2. The van der Waals surface area contributed by atoms with Gasteiger partial charge < -0.3 is 20.1 Å². The number of carbonyl (C=O) groups excluding carboxylic acids is 1. The minimum absolute atomic E-state index is 0.00532. The third-order valence-electron chi connectivity index (χ3n) is 4.06. The maximum absolute atomic E-state index is 11.3. The molecule has 1 heterocycles. The molecule has 1 aliphatic rings. The number of amides is 1. The standard InChI is InChI=1S/C19H19NO6/c1-3-12-5-4-6-13(7-12)15-10-25-17-9-14(22)8-16(23)18(17)19(15,24)26-20-11(2)21/h4-10,22-24H,3H2,1-2H3,(H,20,21). The number of ether oxygens (including phenoxy) is 1. The Kier molecular flexibility index (Phi) is 4.58. The summed E-state index contributed by atoms with van der Waals surface area (Å²) in [6.07, 6.45) is 2.04. The van der Waals surface area contributed by atoms with Crippen LogP contribution in [-0.4, -0.2) is 21.2 Å². The summed E-state index contributed by atoms with van der Waals surface area (Å²) < 4.78 is 5.49. The molecule has 1 amide bonds. The first kappa shape index (κ1) is 17.8. The van der Waals surface area contributed by atoms with E-state index in [1.165, 1.54) is 19.3 Å². The molecule has 4 N–H and O–H groups in total. The molecule has 136 valence electrons. The van der Waals surface area contributed by atoms with Gasteiger partial charge in [0, 0.05) is 19.1 Å². The number of phenols is 2. The summed E-state index contributed by atoms with van der Waals surface area (Å²) >= 11 is 0. The first-order valence-electron chi connectivity index (χ1n) is 8.05. The van der Waals surface area contributed by atoms with Gasteiger partial charge >= 0.3 is 0 Å². The fourth-order valence-electron chi connectivity index (χ4n) is 2.83. The third kappa shape index (κ3) is 3.10. The molecular weight excluding hydrogens is 338 g/mol. The average Bonchev–Trinajstić information content (AvgIpc) is 2.59. The van der Waals surface area contributed by atoms with Crippen molar-refractivity contribution >= 4 is 11.5 Å². The number of hydrogen-bond donors (Lipinski definition) is 4. The quantitative estimate of drug-likeness (QED) is 0.494. The lowest BCUT2D eigenvalue weighted by Gasteiger charge is -2.34. The van der Waals surface area contributed by atoms with Crippen molar-refractivity contribution in [3.63, 3.8) is 0 Å². The Balaban J connectivity index is 2.17. The Hall–Kier alpha value is -3.03. The Morgan fingerprint density at radius 3 is 2.73 bits per heavy atom. The van der Waals surface area contributed by atoms with Gasteiger partial charge in [0.1, 0.15) is 29.1 Å².